The number of nitrogens with one attached hydrogen (secondary N) is 1. The fraction of sp³-hybridized carbons (Fsp3) is 0.692. The van der Waals surface area contributed by atoms with Gasteiger partial charge in [0, 0.05) is 12.6 Å². The molecule has 0 saturated carbocycles. The first-order valence-electron chi connectivity index (χ1n) is 6.54. The predicted octanol–water partition coefficient (Wildman–Crippen LogP) is 0.687. The summed E-state index contributed by atoms with van der Waals surface area (Å²) in [6, 6.07) is -0.625. The third-order valence-corrected chi connectivity index (χ3v) is 2.70. The maximum absolute atomic E-state index is 12.2. The van der Waals surface area contributed by atoms with Crippen LogP contribution in [-0.4, -0.2) is 46.6 Å². The highest BCUT2D eigenvalue weighted by atomic mass is 16.5. The molecule has 8 nitrogen and oxygen atoms in total. The summed E-state index contributed by atoms with van der Waals surface area (Å²) < 4.78 is 11.1. The molecule has 0 radical (unpaired) electrons. The standard InChI is InChI=1S/C13H22N4O4/c1-8(11(18)14-13(2,3)4)17-9(7-20-5)10(15-16-17)12(19)21-6/h8H,7H2,1-6H3,(H,14,18). The van der Waals surface area contributed by atoms with Crippen molar-refractivity contribution in [3.63, 3.8) is 0 Å². The first-order chi connectivity index (χ1) is 9.71. The number of esters is 1. The van der Waals surface area contributed by atoms with Gasteiger partial charge in [0.25, 0.3) is 0 Å². The van der Waals surface area contributed by atoms with Gasteiger partial charge in [-0.3, -0.25) is 4.79 Å². The van der Waals surface area contributed by atoms with E-state index in [1.54, 1.807) is 6.92 Å². The van der Waals surface area contributed by atoms with Crippen molar-refractivity contribution in [2.45, 2.75) is 45.9 Å². The van der Waals surface area contributed by atoms with Gasteiger partial charge < -0.3 is 14.8 Å². The first-order valence-corrected chi connectivity index (χ1v) is 6.54. The van der Waals surface area contributed by atoms with Crippen molar-refractivity contribution in [3.8, 4) is 0 Å². The molecule has 1 rings (SSSR count). The Kier molecular flexibility index (Phi) is 5.42. The zero-order valence-corrected chi connectivity index (χ0v) is 13.3. The minimum absolute atomic E-state index is 0.0507. The molecule has 0 fully saturated rings. The summed E-state index contributed by atoms with van der Waals surface area (Å²) in [5, 5.41) is 10.5. The summed E-state index contributed by atoms with van der Waals surface area (Å²) in [5.41, 5.74) is 0.0917. The smallest absolute Gasteiger partial charge is 0.360 e. The fourth-order valence-electron chi connectivity index (χ4n) is 1.74. The number of amides is 1. The van der Waals surface area contributed by atoms with E-state index >= 15 is 0 Å². The Morgan fingerprint density at radius 3 is 2.43 bits per heavy atom. The van der Waals surface area contributed by atoms with E-state index in [0.717, 1.165) is 0 Å². The number of aromatic nitrogens is 3. The summed E-state index contributed by atoms with van der Waals surface area (Å²) >= 11 is 0. The van der Waals surface area contributed by atoms with Crippen molar-refractivity contribution >= 4 is 11.9 Å². The topological polar surface area (TPSA) is 95.3 Å². The lowest BCUT2D eigenvalue weighted by Gasteiger charge is -2.23. The van der Waals surface area contributed by atoms with E-state index in [4.69, 9.17) is 4.74 Å². The lowest BCUT2D eigenvalue weighted by molar-refractivity contribution is -0.125. The number of carbonyl (C=O) groups is 2. The summed E-state index contributed by atoms with van der Waals surface area (Å²) in [6.45, 7) is 7.43. The molecule has 1 N–H and O–H groups in total. The van der Waals surface area contributed by atoms with Crippen molar-refractivity contribution < 1.29 is 19.1 Å². The molecule has 1 aromatic heterocycles. The summed E-state index contributed by atoms with van der Waals surface area (Å²) in [4.78, 5) is 23.9. The number of rotatable bonds is 5. The second kappa shape index (κ2) is 6.66. The van der Waals surface area contributed by atoms with Gasteiger partial charge in [-0.05, 0) is 27.7 Å². The zero-order chi connectivity index (χ0) is 16.2. The lowest BCUT2D eigenvalue weighted by atomic mass is 10.1. The molecule has 0 bridgehead atoms. The van der Waals surface area contributed by atoms with Crippen molar-refractivity contribution in [2.24, 2.45) is 0 Å². The Morgan fingerprint density at radius 2 is 1.95 bits per heavy atom. The molecule has 118 valence electrons. The van der Waals surface area contributed by atoms with Crippen LogP contribution in [0.5, 0.6) is 0 Å². The molecular weight excluding hydrogens is 276 g/mol. The van der Waals surface area contributed by atoms with E-state index in [2.05, 4.69) is 20.4 Å². The molecule has 0 aliphatic heterocycles. The minimum atomic E-state index is -0.625. The van der Waals surface area contributed by atoms with Gasteiger partial charge in [-0.15, -0.1) is 5.10 Å². The van der Waals surface area contributed by atoms with Crippen LogP contribution >= 0.6 is 0 Å². The molecule has 0 spiro atoms. The molecule has 1 heterocycles. The van der Waals surface area contributed by atoms with Crippen LogP contribution in [0.3, 0.4) is 0 Å². The number of hydrogen-bond donors (Lipinski definition) is 1. The largest absolute Gasteiger partial charge is 0.464 e. The maximum atomic E-state index is 12.2. The van der Waals surface area contributed by atoms with Gasteiger partial charge in [0.15, 0.2) is 5.69 Å². The number of carbonyl (C=O) groups excluding carboxylic acids is 2. The molecule has 1 unspecified atom stereocenters. The molecule has 8 heteroatoms. The monoisotopic (exact) mass is 298 g/mol. The molecule has 21 heavy (non-hydrogen) atoms. The highest BCUT2D eigenvalue weighted by Gasteiger charge is 2.27. The van der Waals surface area contributed by atoms with E-state index in [1.807, 2.05) is 20.8 Å². The van der Waals surface area contributed by atoms with Gasteiger partial charge in [0.05, 0.1) is 13.7 Å². The van der Waals surface area contributed by atoms with Crippen molar-refractivity contribution in [2.75, 3.05) is 14.2 Å². The van der Waals surface area contributed by atoms with Crippen LogP contribution in [0, 0.1) is 0 Å². The average molecular weight is 298 g/mol. The van der Waals surface area contributed by atoms with Gasteiger partial charge in [0.1, 0.15) is 11.7 Å². The molecule has 0 saturated heterocycles. The highest BCUT2D eigenvalue weighted by molar-refractivity contribution is 5.88. The summed E-state index contributed by atoms with van der Waals surface area (Å²) in [6.07, 6.45) is 0. The molecule has 1 amide bonds. The van der Waals surface area contributed by atoms with Crippen LogP contribution in [0.25, 0.3) is 0 Å². The molecule has 1 aromatic rings. The molecule has 1 atom stereocenters. The third kappa shape index (κ3) is 4.25. The van der Waals surface area contributed by atoms with Gasteiger partial charge in [0.2, 0.25) is 5.91 Å². The Hall–Kier alpha value is -1.96. The van der Waals surface area contributed by atoms with Crippen molar-refractivity contribution in [1.29, 1.82) is 0 Å². The molecule has 0 aliphatic carbocycles. The predicted molar refractivity (Wildman–Crippen MR) is 74.7 cm³/mol. The Balaban J connectivity index is 3.09. The van der Waals surface area contributed by atoms with E-state index in [9.17, 15) is 9.59 Å². The van der Waals surface area contributed by atoms with Crippen molar-refractivity contribution in [1.82, 2.24) is 20.3 Å². The van der Waals surface area contributed by atoms with E-state index < -0.39 is 12.0 Å². The number of nitrogens with zero attached hydrogens (tertiary/aromatic N) is 3. The van der Waals surface area contributed by atoms with E-state index in [1.165, 1.54) is 18.9 Å². The fourth-order valence-corrected chi connectivity index (χ4v) is 1.74. The van der Waals surface area contributed by atoms with E-state index in [0.29, 0.717) is 5.69 Å². The first kappa shape index (κ1) is 17.1. The van der Waals surface area contributed by atoms with Crippen LogP contribution in [0.15, 0.2) is 0 Å². The second-order valence-electron chi connectivity index (χ2n) is 5.67. The summed E-state index contributed by atoms with van der Waals surface area (Å²) in [7, 11) is 2.74. The molecule has 0 aliphatic rings. The van der Waals surface area contributed by atoms with Gasteiger partial charge in [-0.1, -0.05) is 5.21 Å². The molecule has 0 aromatic carbocycles. The van der Waals surface area contributed by atoms with Crippen LogP contribution in [0.1, 0.15) is 49.9 Å². The SMILES string of the molecule is COCc1c(C(=O)OC)nnn1C(C)C(=O)NC(C)(C)C. The minimum Gasteiger partial charge on any atom is -0.464 e. The van der Waals surface area contributed by atoms with Crippen LogP contribution < -0.4 is 5.32 Å². The summed E-state index contributed by atoms with van der Waals surface area (Å²) in [5.74, 6) is -0.835. The van der Waals surface area contributed by atoms with Crippen LogP contribution in [0.4, 0.5) is 0 Å². The van der Waals surface area contributed by atoms with Crippen molar-refractivity contribution in [3.05, 3.63) is 11.4 Å². The number of hydrogen-bond acceptors (Lipinski definition) is 6. The Morgan fingerprint density at radius 1 is 1.33 bits per heavy atom. The quantitative estimate of drug-likeness (QED) is 0.803. The second-order valence-corrected chi connectivity index (χ2v) is 5.67. The highest BCUT2D eigenvalue weighted by Crippen LogP contribution is 2.15. The van der Waals surface area contributed by atoms with Gasteiger partial charge in [-0.2, -0.15) is 0 Å². The average Bonchev–Trinajstić information content (AvgIpc) is 2.79. The normalized spacial score (nSPS) is 12.9. The zero-order valence-electron chi connectivity index (χ0n) is 13.3. The van der Waals surface area contributed by atoms with Crippen LogP contribution in [0.2, 0.25) is 0 Å². The Bertz CT molecular complexity index is 519. The van der Waals surface area contributed by atoms with Crippen LogP contribution in [-0.2, 0) is 20.9 Å². The number of ether oxygens (including phenoxy) is 2. The maximum Gasteiger partial charge on any atom is 0.360 e. The van der Waals surface area contributed by atoms with Gasteiger partial charge in [-0.25, -0.2) is 9.48 Å². The molecular formula is C13H22N4O4. The van der Waals surface area contributed by atoms with Gasteiger partial charge >= 0.3 is 5.97 Å². The number of methoxy groups -OCH3 is 2. The van der Waals surface area contributed by atoms with E-state index in [-0.39, 0.29) is 23.7 Å². The Labute approximate surface area is 123 Å². The third-order valence-electron chi connectivity index (χ3n) is 2.70. The lowest BCUT2D eigenvalue weighted by Crippen LogP contribution is -2.44.